The highest BCUT2D eigenvalue weighted by atomic mass is 35.5. The Balaban J connectivity index is 2.11. The van der Waals surface area contributed by atoms with Crippen molar-refractivity contribution in [3.8, 4) is 0 Å². The van der Waals surface area contributed by atoms with E-state index >= 15 is 0 Å². The molecule has 0 unspecified atom stereocenters. The third kappa shape index (κ3) is 3.66. The smallest absolute Gasteiger partial charge is 0.253 e. The number of amides is 1. The monoisotopic (exact) mass is 311 g/mol. The molecule has 0 saturated heterocycles. The molecule has 0 bridgehead atoms. The first-order chi connectivity index (χ1) is 10.0. The molecule has 21 heavy (non-hydrogen) atoms. The minimum atomic E-state index is -0.716. The van der Waals surface area contributed by atoms with Crippen molar-refractivity contribution in [2.24, 2.45) is 0 Å². The molecule has 0 fully saturated rings. The highest BCUT2D eigenvalue weighted by molar-refractivity contribution is 6.33. The average molecular weight is 312 g/mol. The predicted molar refractivity (Wildman–Crippen MR) is 76.3 cm³/mol. The first-order valence-corrected chi connectivity index (χ1v) is 6.44. The second-order valence-electron chi connectivity index (χ2n) is 4.22. The van der Waals surface area contributed by atoms with Gasteiger partial charge in [0.15, 0.2) is 0 Å². The van der Waals surface area contributed by atoms with Crippen LogP contribution in [0.3, 0.4) is 0 Å². The molecule has 2 N–H and O–H groups in total. The van der Waals surface area contributed by atoms with Crippen LogP contribution in [0.15, 0.2) is 30.5 Å². The molecule has 4 nitrogen and oxygen atoms in total. The molecule has 0 atom stereocenters. The fourth-order valence-electron chi connectivity index (χ4n) is 1.69. The van der Waals surface area contributed by atoms with Crippen LogP contribution >= 0.6 is 11.6 Å². The highest BCUT2D eigenvalue weighted by Gasteiger charge is 2.13. The normalized spacial score (nSPS) is 10.3. The molecule has 110 valence electrons. The second-order valence-corrected chi connectivity index (χ2v) is 4.62. The molecular formula is C14H12ClF2N3O. The van der Waals surface area contributed by atoms with Crippen LogP contribution < -0.4 is 10.6 Å². The van der Waals surface area contributed by atoms with Gasteiger partial charge < -0.3 is 10.6 Å². The largest absolute Gasteiger partial charge is 0.373 e. The van der Waals surface area contributed by atoms with Crippen LogP contribution in [0, 0.1) is 11.6 Å². The number of hydrogen-bond donors (Lipinski definition) is 2. The zero-order valence-electron chi connectivity index (χ0n) is 11.1. The maximum Gasteiger partial charge on any atom is 0.253 e. The molecule has 0 aliphatic heterocycles. The lowest BCUT2D eigenvalue weighted by atomic mass is 10.2. The van der Waals surface area contributed by atoms with Crippen molar-refractivity contribution in [1.82, 2.24) is 10.3 Å². The fourth-order valence-corrected chi connectivity index (χ4v) is 1.87. The van der Waals surface area contributed by atoms with E-state index in [4.69, 9.17) is 11.6 Å². The summed E-state index contributed by atoms with van der Waals surface area (Å²) in [6, 6.07) is 4.65. The Bertz CT molecular complexity index is 679. The molecule has 0 saturated carbocycles. The van der Waals surface area contributed by atoms with Crippen molar-refractivity contribution < 1.29 is 13.6 Å². The van der Waals surface area contributed by atoms with Crippen LogP contribution in [0.1, 0.15) is 15.9 Å². The number of benzene rings is 1. The van der Waals surface area contributed by atoms with Crippen molar-refractivity contribution in [3.05, 3.63) is 58.2 Å². The van der Waals surface area contributed by atoms with Gasteiger partial charge in [0.25, 0.3) is 5.91 Å². The summed E-state index contributed by atoms with van der Waals surface area (Å²) in [4.78, 5) is 16.0. The Kier molecular flexibility index (Phi) is 4.70. The fraction of sp³-hybridized carbons (Fsp3) is 0.143. The molecule has 0 aliphatic rings. The van der Waals surface area contributed by atoms with Crippen LogP contribution in [0.5, 0.6) is 0 Å². The van der Waals surface area contributed by atoms with Crippen molar-refractivity contribution in [3.63, 3.8) is 0 Å². The van der Waals surface area contributed by atoms with E-state index in [-0.39, 0.29) is 22.7 Å². The van der Waals surface area contributed by atoms with Crippen LogP contribution in [-0.2, 0) is 6.54 Å². The third-order valence-corrected chi connectivity index (χ3v) is 3.11. The van der Waals surface area contributed by atoms with E-state index in [1.807, 2.05) is 0 Å². The third-order valence-electron chi connectivity index (χ3n) is 2.81. The zero-order chi connectivity index (χ0) is 15.4. The highest BCUT2D eigenvalue weighted by Crippen LogP contribution is 2.18. The summed E-state index contributed by atoms with van der Waals surface area (Å²) in [6.07, 6.45) is 1.35. The van der Waals surface area contributed by atoms with Gasteiger partial charge in [-0.05, 0) is 12.1 Å². The van der Waals surface area contributed by atoms with Gasteiger partial charge in [-0.3, -0.25) is 4.79 Å². The summed E-state index contributed by atoms with van der Waals surface area (Å²) < 4.78 is 26.3. The zero-order valence-corrected chi connectivity index (χ0v) is 11.8. The molecule has 7 heteroatoms. The maximum atomic E-state index is 13.5. The minimum absolute atomic E-state index is 0.0709. The summed E-state index contributed by atoms with van der Waals surface area (Å²) in [7, 11) is 1.66. The van der Waals surface area contributed by atoms with E-state index in [1.54, 1.807) is 7.05 Å². The summed E-state index contributed by atoms with van der Waals surface area (Å²) in [5.74, 6) is -1.37. The van der Waals surface area contributed by atoms with E-state index in [1.165, 1.54) is 18.3 Å². The van der Waals surface area contributed by atoms with Crippen molar-refractivity contribution in [2.45, 2.75) is 6.54 Å². The SMILES string of the molecule is CNc1cc(C(=O)NCc2ccc(F)cc2F)c(Cl)cn1. The van der Waals surface area contributed by atoms with Crippen LogP contribution in [-0.4, -0.2) is 17.9 Å². The molecule has 0 spiro atoms. The maximum absolute atomic E-state index is 13.5. The van der Waals surface area contributed by atoms with E-state index in [0.29, 0.717) is 5.82 Å². The molecule has 1 amide bonds. The Morgan fingerprint density at radius 3 is 2.76 bits per heavy atom. The molecule has 1 aromatic heterocycles. The van der Waals surface area contributed by atoms with Crippen LogP contribution in [0.2, 0.25) is 5.02 Å². The van der Waals surface area contributed by atoms with E-state index in [2.05, 4.69) is 15.6 Å². The molecular weight excluding hydrogens is 300 g/mol. The lowest BCUT2D eigenvalue weighted by molar-refractivity contribution is 0.0950. The van der Waals surface area contributed by atoms with Gasteiger partial charge in [0, 0.05) is 31.4 Å². The van der Waals surface area contributed by atoms with Crippen LogP contribution in [0.25, 0.3) is 0 Å². The van der Waals surface area contributed by atoms with Gasteiger partial charge in [0.05, 0.1) is 10.6 Å². The number of pyridine rings is 1. The molecule has 2 rings (SSSR count). The number of anilines is 1. The standard InChI is InChI=1S/C14H12ClF2N3O/c1-18-13-5-10(11(15)7-19-13)14(21)20-6-8-2-3-9(16)4-12(8)17/h2-5,7H,6H2,1H3,(H,18,19)(H,20,21). The number of hydrogen-bond acceptors (Lipinski definition) is 3. The number of carbonyl (C=O) groups excluding carboxylic acids is 1. The summed E-state index contributed by atoms with van der Waals surface area (Å²) in [6.45, 7) is -0.0709. The Morgan fingerprint density at radius 1 is 1.33 bits per heavy atom. The molecule has 1 heterocycles. The van der Waals surface area contributed by atoms with E-state index in [0.717, 1.165) is 12.1 Å². The quantitative estimate of drug-likeness (QED) is 0.912. The lowest BCUT2D eigenvalue weighted by Crippen LogP contribution is -2.24. The Morgan fingerprint density at radius 2 is 2.10 bits per heavy atom. The predicted octanol–water partition coefficient (Wildman–Crippen LogP) is 2.98. The molecule has 0 radical (unpaired) electrons. The number of nitrogens with zero attached hydrogens (tertiary/aromatic N) is 1. The number of nitrogens with one attached hydrogen (secondary N) is 2. The number of rotatable bonds is 4. The van der Waals surface area contributed by atoms with Gasteiger partial charge in [-0.1, -0.05) is 17.7 Å². The van der Waals surface area contributed by atoms with Crippen LogP contribution in [0.4, 0.5) is 14.6 Å². The summed E-state index contributed by atoms with van der Waals surface area (Å²) in [5, 5.41) is 5.50. The van der Waals surface area contributed by atoms with Crippen molar-refractivity contribution >= 4 is 23.3 Å². The van der Waals surface area contributed by atoms with E-state index in [9.17, 15) is 13.6 Å². The summed E-state index contributed by atoms with van der Waals surface area (Å²) in [5.41, 5.74) is 0.405. The van der Waals surface area contributed by atoms with E-state index < -0.39 is 17.5 Å². The first kappa shape index (κ1) is 15.2. The number of halogens is 3. The lowest BCUT2D eigenvalue weighted by Gasteiger charge is -2.09. The van der Waals surface area contributed by atoms with Gasteiger partial charge in [-0.25, -0.2) is 13.8 Å². The van der Waals surface area contributed by atoms with Gasteiger partial charge in [-0.15, -0.1) is 0 Å². The molecule has 0 aliphatic carbocycles. The molecule has 1 aromatic carbocycles. The second kappa shape index (κ2) is 6.49. The van der Waals surface area contributed by atoms with Crippen molar-refractivity contribution in [2.75, 3.05) is 12.4 Å². The van der Waals surface area contributed by atoms with Gasteiger partial charge in [0.2, 0.25) is 0 Å². The number of carbonyl (C=O) groups is 1. The van der Waals surface area contributed by atoms with Gasteiger partial charge in [-0.2, -0.15) is 0 Å². The molecule has 2 aromatic rings. The van der Waals surface area contributed by atoms with Crippen molar-refractivity contribution in [1.29, 1.82) is 0 Å². The number of aromatic nitrogens is 1. The summed E-state index contributed by atoms with van der Waals surface area (Å²) >= 11 is 5.91. The van der Waals surface area contributed by atoms with Gasteiger partial charge in [0.1, 0.15) is 17.5 Å². The Hall–Kier alpha value is -2.21. The minimum Gasteiger partial charge on any atom is -0.373 e. The van der Waals surface area contributed by atoms with Gasteiger partial charge >= 0.3 is 0 Å². The Labute approximate surface area is 125 Å². The topological polar surface area (TPSA) is 54.0 Å². The first-order valence-electron chi connectivity index (χ1n) is 6.06. The average Bonchev–Trinajstić information content (AvgIpc) is 2.46.